The number of ether oxygens (including phenoxy) is 4. The fourth-order valence-electron chi connectivity index (χ4n) is 1.02. The Morgan fingerprint density at radius 3 is 1.25 bits per heavy atom. The van der Waals surface area contributed by atoms with Crippen LogP contribution in [0.1, 0.15) is 0 Å². The molecule has 0 N–H and O–H groups in total. The van der Waals surface area contributed by atoms with Gasteiger partial charge in [-0.25, -0.2) is 9.59 Å². The minimum atomic E-state index is -4.96. The van der Waals surface area contributed by atoms with Crippen LogP contribution in [0.15, 0.2) is 0 Å². The third kappa shape index (κ3) is 7.64. The van der Waals surface area contributed by atoms with Crippen molar-refractivity contribution >= 4 is 12.2 Å². The average Bonchev–Trinajstić information content (AvgIpc) is 2.47. The molecule has 0 aliphatic rings. The summed E-state index contributed by atoms with van der Waals surface area (Å²) in [5, 5.41) is 0. The van der Waals surface area contributed by atoms with Crippen LogP contribution in [0, 0.1) is 0 Å². The number of carbonyl (C=O) groups excluding carboxylic acids is 2. The molecule has 0 aliphatic heterocycles. The van der Waals surface area contributed by atoms with Gasteiger partial charge in [-0.1, -0.05) is 0 Å². The van der Waals surface area contributed by atoms with E-state index in [0.717, 1.165) is 9.80 Å². The van der Waals surface area contributed by atoms with Crippen LogP contribution < -0.4 is 0 Å². The molecule has 0 saturated carbocycles. The first-order valence-electron chi connectivity index (χ1n) is 6.62. The fourth-order valence-corrected chi connectivity index (χ4v) is 1.02. The number of carbonyl (C=O) groups is 2. The molecule has 24 heavy (non-hydrogen) atoms. The van der Waals surface area contributed by atoms with Crippen molar-refractivity contribution in [1.82, 2.24) is 9.80 Å². The third-order valence-electron chi connectivity index (χ3n) is 2.25. The van der Waals surface area contributed by atoms with E-state index in [-0.39, 0.29) is 0 Å². The van der Waals surface area contributed by atoms with E-state index in [9.17, 15) is 27.2 Å². The fraction of sp³-hybridized carbons (Fsp3) is 0.833. The Labute approximate surface area is 136 Å². The van der Waals surface area contributed by atoms with Crippen molar-refractivity contribution < 1.29 is 46.1 Å². The Bertz CT molecular complexity index is 382. The zero-order valence-corrected chi connectivity index (χ0v) is 13.7. The van der Waals surface area contributed by atoms with Gasteiger partial charge in [0.15, 0.2) is 0 Å². The molecule has 0 aliphatic carbocycles. The number of halogens is 4. The summed E-state index contributed by atoms with van der Waals surface area (Å²) in [5.41, 5.74) is 0. The van der Waals surface area contributed by atoms with E-state index < -0.39 is 50.8 Å². The van der Waals surface area contributed by atoms with Gasteiger partial charge in [0, 0.05) is 28.2 Å². The molecule has 8 nitrogen and oxygen atoms in total. The van der Waals surface area contributed by atoms with Crippen molar-refractivity contribution in [3.05, 3.63) is 0 Å². The van der Waals surface area contributed by atoms with Gasteiger partial charge >= 0.3 is 24.4 Å². The number of amides is 2. The van der Waals surface area contributed by atoms with E-state index >= 15 is 0 Å². The van der Waals surface area contributed by atoms with Gasteiger partial charge in [-0.2, -0.15) is 17.6 Å². The van der Waals surface area contributed by atoms with Crippen molar-refractivity contribution in [3.63, 3.8) is 0 Å². The van der Waals surface area contributed by atoms with E-state index in [1.54, 1.807) is 0 Å². The van der Waals surface area contributed by atoms with Crippen molar-refractivity contribution in [2.45, 2.75) is 12.2 Å². The molecule has 0 aromatic rings. The first-order chi connectivity index (χ1) is 10.9. The van der Waals surface area contributed by atoms with Crippen LogP contribution in [0.4, 0.5) is 27.2 Å². The Hall–Kier alpha value is -1.82. The zero-order chi connectivity index (χ0) is 19.0. The Kier molecular flexibility index (Phi) is 8.75. The molecule has 0 bridgehead atoms. The van der Waals surface area contributed by atoms with Gasteiger partial charge < -0.3 is 28.7 Å². The van der Waals surface area contributed by atoms with Crippen molar-refractivity contribution in [2.75, 3.05) is 54.6 Å². The minimum Gasteiger partial charge on any atom is -0.447 e. The van der Waals surface area contributed by atoms with Gasteiger partial charge in [0.1, 0.15) is 13.2 Å². The summed E-state index contributed by atoms with van der Waals surface area (Å²) in [4.78, 5) is 24.0. The van der Waals surface area contributed by atoms with Crippen molar-refractivity contribution in [2.24, 2.45) is 0 Å². The topological polar surface area (TPSA) is 77.5 Å². The lowest BCUT2D eigenvalue weighted by molar-refractivity contribution is -0.431. The number of rotatable bonds is 9. The second kappa shape index (κ2) is 9.47. The first-order valence-corrected chi connectivity index (χ1v) is 6.62. The van der Waals surface area contributed by atoms with Gasteiger partial charge in [0.05, 0.1) is 13.2 Å². The Balaban J connectivity index is 4.19. The lowest BCUT2D eigenvalue weighted by Gasteiger charge is -2.25. The molecular formula is C12H20F4N2O6. The van der Waals surface area contributed by atoms with Crippen LogP contribution in [-0.2, 0) is 18.9 Å². The molecule has 0 fully saturated rings. The third-order valence-corrected chi connectivity index (χ3v) is 2.25. The van der Waals surface area contributed by atoms with Gasteiger partial charge in [-0.15, -0.1) is 0 Å². The molecule has 0 spiro atoms. The molecule has 0 radical (unpaired) electrons. The molecule has 12 heteroatoms. The van der Waals surface area contributed by atoms with Crippen LogP contribution >= 0.6 is 0 Å². The van der Waals surface area contributed by atoms with E-state index in [1.165, 1.54) is 28.2 Å². The molecular weight excluding hydrogens is 344 g/mol. The monoisotopic (exact) mass is 364 g/mol. The highest BCUT2D eigenvalue weighted by Crippen LogP contribution is 2.36. The maximum atomic E-state index is 13.2. The lowest BCUT2D eigenvalue weighted by atomic mass is 10.5. The summed E-state index contributed by atoms with van der Waals surface area (Å²) < 4.78 is 69.3. The normalized spacial score (nSPS) is 11.8. The van der Waals surface area contributed by atoms with E-state index in [4.69, 9.17) is 0 Å². The largest absolute Gasteiger partial charge is 0.448 e. The van der Waals surface area contributed by atoms with Gasteiger partial charge in [0.2, 0.25) is 0 Å². The molecule has 2 amide bonds. The number of hydrogen-bond donors (Lipinski definition) is 0. The highest BCUT2D eigenvalue weighted by Gasteiger charge is 2.60. The number of nitrogens with zero attached hydrogens (tertiary/aromatic N) is 2. The maximum Gasteiger partial charge on any atom is 0.448 e. The molecule has 0 atom stereocenters. The predicted molar refractivity (Wildman–Crippen MR) is 71.9 cm³/mol. The highest BCUT2D eigenvalue weighted by atomic mass is 19.3. The SMILES string of the molecule is CN(C)C(=O)OCCOC(F)(F)C(F)(F)OCCOC(=O)N(C)C. The van der Waals surface area contributed by atoms with Gasteiger partial charge in [-0.3, -0.25) is 0 Å². The summed E-state index contributed by atoms with van der Waals surface area (Å²) in [5.74, 6) is 0. The molecule has 142 valence electrons. The summed E-state index contributed by atoms with van der Waals surface area (Å²) in [7, 11) is 5.40. The lowest BCUT2D eigenvalue weighted by Crippen LogP contribution is -2.46. The van der Waals surface area contributed by atoms with Gasteiger partial charge in [-0.05, 0) is 0 Å². The maximum absolute atomic E-state index is 13.2. The highest BCUT2D eigenvalue weighted by molar-refractivity contribution is 5.67. The molecule has 0 aromatic carbocycles. The Morgan fingerprint density at radius 1 is 0.708 bits per heavy atom. The minimum absolute atomic E-state index is 0.650. The zero-order valence-electron chi connectivity index (χ0n) is 13.7. The molecule has 0 heterocycles. The summed E-state index contributed by atoms with van der Waals surface area (Å²) in [6.45, 7) is -3.24. The first kappa shape index (κ1) is 22.2. The summed E-state index contributed by atoms with van der Waals surface area (Å²) in [6.07, 6.45) is -11.6. The van der Waals surface area contributed by atoms with E-state index in [0.29, 0.717) is 0 Å². The standard InChI is InChI=1S/C12H20F4N2O6/c1-17(2)9(19)21-5-7-23-11(13,14)12(15,16)24-8-6-22-10(20)18(3)4/h5-8H2,1-4H3. The smallest absolute Gasteiger partial charge is 0.447 e. The molecule has 0 rings (SSSR count). The summed E-state index contributed by atoms with van der Waals surface area (Å²) >= 11 is 0. The molecule has 0 saturated heterocycles. The van der Waals surface area contributed by atoms with Crippen LogP contribution in [0.25, 0.3) is 0 Å². The van der Waals surface area contributed by atoms with Crippen LogP contribution in [-0.4, -0.2) is 88.8 Å². The van der Waals surface area contributed by atoms with Crippen LogP contribution in [0.3, 0.4) is 0 Å². The quantitative estimate of drug-likeness (QED) is 0.457. The second-order valence-corrected chi connectivity index (χ2v) is 4.75. The Morgan fingerprint density at radius 2 is 1.00 bits per heavy atom. The number of hydrogen-bond acceptors (Lipinski definition) is 6. The van der Waals surface area contributed by atoms with Crippen molar-refractivity contribution in [3.8, 4) is 0 Å². The number of alkyl halides is 4. The van der Waals surface area contributed by atoms with Gasteiger partial charge in [0.25, 0.3) is 0 Å². The van der Waals surface area contributed by atoms with Crippen LogP contribution in [0.2, 0.25) is 0 Å². The average molecular weight is 364 g/mol. The van der Waals surface area contributed by atoms with E-state index in [2.05, 4.69) is 18.9 Å². The van der Waals surface area contributed by atoms with Crippen molar-refractivity contribution in [1.29, 1.82) is 0 Å². The molecule has 0 aromatic heterocycles. The van der Waals surface area contributed by atoms with E-state index in [1.807, 2.05) is 0 Å². The summed E-state index contributed by atoms with van der Waals surface area (Å²) in [6, 6.07) is 0. The predicted octanol–water partition coefficient (Wildman–Crippen LogP) is 1.60. The second-order valence-electron chi connectivity index (χ2n) is 4.75. The van der Waals surface area contributed by atoms with Crippen LogP contribution in [0.5, 0.6) is 0 Å². The molecule has 0 unspecified atom stereocenters.